The molecule has 1 aliphatic carbocycles. The summed E-state index contributed by atoms with van der Waals surface area (Å²) in [6.45, 7) is 6.98. The van der Waals surface area contributed by atoms with Crippen molar-refractivity contribution in [2.24, 2.45) is 5.92 Å². The van der Waals surface area contributed by atoms with Crippen LogP contribution in [0.25, 0.3) is 11.4 Å². The highest BCUT2D eigenvalue weighted by molar-refractivity contribution is 7.71. The van der Waals surface area contributed by atoms with Gasteiger partial charge in [-0.25, -0.2) is 0 Å². The van der Waals surface area contributed by atoms with Crippen molar-refractivity contribution in [3.05, 3.63) is 40.8 Å². The highest BCUT2D eigenvalue weighted by atomic mass is 32.1. The number of benzene rings is 1. The van der Waals surface area contributed by atoms with Gasteiger partial charge in [-0.2, -0.15) is 10.1 Å². The summed E-state index contributed by atoms with van der Waals surface area (Å²) in [6, 6.07) is 7.30. The Labute approximate surface area is 191 Å². The molecule has 2 heterocycles. The lowest BCUT2D eigenvalue weighted by molar-refractivity contribution is -0.122. The van der Waals surface area contributed by atoms with E-state index in [0.29, 0.717) is 35.6 Å². The summed E-state index contributed by atoms with van der Waals surface area (Å²) in [6.07, 6.45) is 2.43. The number of carbonyl (C=O) groups excluding carboxylic acids is 1. The van der Waals surface area contributed by atoms with Gasteiger partial charge in [-0.05, 0) is 62.2 Å². The Hall–Kier alpha value is -3.01. The number of nitrogens with zero attached hydrogens (tertiary/aromatic N) is 4. The lowest BCUT2D eigenvalue weighted by atomic mass is 10.0. The number of aromatic amines is 1. The summed E-state index contributed by atoms with van der Waals surface area (Å²) in [7, 11) is 0. The van der Waals surface area contributed by atoms with Gasteiger partial charge >= 0.3 is 0 Å². The van der Waals surface area contributed by atoms with Crippen LogP contribution < -0.4 is 10.1 Å². The van der Waals surface area contributed by atoms with Crippen LogP contribution in [0.3, 0.4) is 0 Å². The summed E-state index contributed by atoms with van der Waals surface area (Å²) in [4.78, 5) is 17.3. The SMILES string of the molecule is CCOc1ccc(-c2n[nH]c(=S)n2CCC(=O)NC(c2nc(C3CC3)no2)C(C)C)cc1. The lowest BCUT2D eigenvalue weighted by Crippen LogP contribution is -2.32. The summed E-state index contributed by atoms with van der Waals surface area (Å²) in [5.41, 5.74) is 0.889. The standard InChI is InChI=1S/C22H28N6O3S/c1-4-30-16-9-7-15(8-10-16)20-25-26-22(32)28(20)12-11-17(29)23-18(13(2)3)21-24-19(27-31-21)14-5-6-14/h7-10,13-14,18H,4-6,11-12H2,1-3H3,(H,23,29)(H,26,32). The Balaban J connectivity index is 1.42. The maximum absolute atomic E-state index is 12.8. The molecule has 3 aromatic rings. The number of H-pyrrole nitrogens is 1. The number of amides is 1. The fourth-order valence-corrected chi connectivity index (χ4v) is 3.69. The van der Waals surface area contributed by atoms with Gasteiger partial charge in [0.25, 0.3) is 0 Å². The number of hydrogen-bond donors (Lipinski definition) is 2. The third-order valence-electron chi connectivity index (χ3n) is 5.39. The van der Waals surface area contributed by atoms with Crippen molar-refractivity contribution < 1.29 is 14.1 Å². The molecule has 1 atom stereocenters. The number of ether oxygens (including phenoxy) is 1. The van der Waals surface area contributed by atoms with Crippen molar-refractivity contribution in [3.8, 4) is 17.1 Å². The molecule has 2 N–H and O–H groups in total. The molecule has 0 bridgehead atoms. The second-order valence-electron chi connectivity index (χ2n) is 8.27. The van der Waals surface area contributed by atoms with Crippen LogP contribution >= 0.6 is 12.2 Å². The smallest absolute Gasteiger partial charge is 0.249 e. The van der Waals surface area contributed by atoms with E-state index in [0.717, 1.165) is 30.0 Å². The third-order valence-corrected chi connectivity index (χ3v) is 5.71. The van der Waals surface area contributed by atoms with Crippen molar-refractivity contribution in [1.82, 2.24) is 30.2 Å². The summed E-state index contributed by atoms with van der Waals surface area (Å²) in [5, 5.41) is 14.3. The van der Waals surface area contributed by atoms with Gasteiger partial charge in [-0.1, -0.05) is 19.0 Å². The molecule has 1 fully saturated rings. The van der Waals surface area contributed by atoms with E-state index >= 15 is 0 Å². The van der Waals surface area contributed by atoms with Gasteiger partial charge < -0.3 is 14.6 Å². The van der Waals surface area contributed by atoms with Crippen LogP contribution in [0.15, 0.2) is 28.8 Å². The molecular formula is C22H28N6O3S. The van der Waals surface area contributed by atoms with Crippen molar-refractivity contribution >= 4 is 18.1 Å². The molecule has 9 nitrogen and oxygen atoms in total. The number of hydrogen-bond acceptors (Lipinski definition) is 7. The molecule has 0 spiro atoms. The van der Waals surface area contributed by atoms with E-state index in [-0.39, 0.29) is 24.3 Å². The number of carbonyl (C=O) groups is 1. The Kier molecular flexibility index (Phi) is 6.69. The second-order valence-corrected chi connectivity index (χ2v) is 8.65. The van der Waals surface area contributed by atoms with Crippen molar-refractivity contribution in [2.75, 3.05) is 6.61 Å². The van der Waals surface area contributed by atoms with E-state index in [1.54, 1.807) is 0 Å². The molecule has 1 amide bonds. The molecule has 32 heavy (non-hydrogen) atoms. The topological polar surface area (TPSA) is 111 Å². The minimum Gasteiger partial charge on any atom is -0.494 e. The number of nitrogens with one attached hydrogen (secondary N) is 2. The molecule has 10 heteroatoms. The van der Waals surface area contributed by atoms with Crippen LogP contribution in [0.1, 0.15) is 63.7 Å². The molecule has 1 unspecified atom stereocenters. The first-order valence-corrected chi connectivity index (χ1v) is 11.4. The van der Waals surface area contributed by atoms with Gasteiger partial charge in [-0.15, -0.1) is 0 Å². The average molecular weight is 457 g/mol. The first-order chi connectivity index (χ1) is 15.5. The molecule has 4 rings (SSSR count). The van der Waals surface area contributed by atoms with Gasteiger partial charge in [0.15, 0.2) is 16.4 Å². The Morgan fingerprint density at radius 3 is 2.75 bits per heavy atom. The van der Waals surface area contributed by atoms with Crippen LogP contribution in [0.5, 0.6) is 5.75 Å². The molecule has 2 aromatic heterocycles. The largest absolute Gasteiger partial charge is 0.494 e. The molecule has 1 aromatic carbocycles. The summed E-state index contributed by atoms with van der Waals surface area (Å²) >= 11 is 5.39. The van der Waals surface area contributed by atoms with Crippen LogP contribution in [0.4, 0.5) is 0 Å². The van der Waals surface area contributed by atoms with Crippen molar-refractivity contribution in [2.45, 2.75) is 58.5 Å². The normalized spacial score (nSPS) is 14.5. The zero-order valence-corrected chi connectivity index (χ0v) is 19.3. The van der Waals surface area contributed by atoms with E-state index in [9.17, 15) is 4.79 Å². The molecular weight excluding hydrogens is 428 g/mol. The number of rotatable bonds is 10. The van der Waals surface area contributed by atoms with E-state index in [1.165, 1.54) is 0 Å². The fraction of sp³-hybridized carbons (Fsp3) is 0.500. The number of aromatic nitrogens is 5. The molecule has 0 radical (unpaired) electrons. The van der Waals surface area contributed by atoms with Gasteiger partial charge in [0.1, 0.15) is 11.8 Å². The van der Waals surface area contributed by atoms with Gasteiger partial charge in [0, 0.05) is 24.4 Å². The predicted molar refractivity (Wildman–Crippen MR) is 121 cm³/mol. The van der Waals surface area contributed by atoms with E-state index in [4.69, 9.17) is 21.5 Å². The molecule has 0 aliphatic heterocycles. The Bertz CT molecular complexity index is 1110. The summed E-state index contributed by atoms with van der Waals surface area (Å²) in [5.74, 6) is 3.08. The maximum Gasteiger partial charge on any atom is 0.249 e. The van der Waals surface area contributed by atoms with Gasteiger partial charge in [0.2, 0.25) is 11.8 Å². The van der Waals surface area contributed by atoms with E-state index in [2.05, 4.69) is 25.7 Å². The Morgan fingerprint density at radius 2 is 2.09 bits per heavy atom. The van der Waals surface area contributed by atoms with Gasteiger partial charge in [-0.3, -0.25) is 14.5 Å². The first-order valence-electron chi connectivity index (χ1n) is 11.0. The quantitative estimate of drug-likeness (QED) is 0.441. The van der Waals surface area contributed by atoms with Crippen molar-refractivity contribution in [1.29, 1.82) is 0 Å². The first kappa shape index (κ1) is 22.2. The average Bonchev–Trinajstić information content (AvgIpc) is 3.40. The zero-order chi connectivity index (χ0) is 22.7. The van der Waals surface area contributed by atoms with Crippen LogP contribution in [0, 0.1) is 10.7 Å². The zero-order valence-electron chi connectivity index (χ0n) is 18.5. The third kappa shape index (κ3) is 5.07. The Morgan fingerprint density at radius 1 is 1.34 bits per heavy atom. The minimum atomic E-state index is -0.328. The lowest BCUT2D eigenvalue weighted by Gasteiger charge is -2.18. The molecule has 1 saturated carbocycles. The molecule has 1 aliphatic rings. The fourth-order valence-electron chi connectivity index (χ4n) is 3.47. The van der Waals surface area contributed by atoms with Gasteiger partial charge in [0.05, 0.1) is 6.61 Å². The molecule has 0 saturated heterocycles. The van der Waals surface area contributed by atoms with Crippen LogP contribution in [-0.4, -0.2) is 37.4 Å². The minimum absolute atomic E-state index is 0.113. The molecule has 170 valence electrons. The van der Waals surface area contributed by atoms with E-state index in [1.807, 2.05) is 49.6 Å². The van der Waals surface area contributed by atoms with E-state index < -0.39 is 0 Å². The summed E-state index contributed by atoms with van der Waals surface area (Å²) < 4.78 is 13.2. The maximum atomic E-state index is 12.8. The highest BCUT2D eigenvalue weighted by Crippen LogP contribution is 2.38. The predicted octanol–water partition coefficient (Wildman–Crippen LogP) is 4.17. The van der Waals surface area contributed by atoms with Crippen molar-refractivity contribution in [3.63, 3.8) is 0 Å². The monoisotopic (exact) mass is 456 g/mol. The van der Waals surface area contributed by atoms with Crippen LogP contribution in [-0.2, 0) is 11.3 Å². The highest BCUT2D eigenvalue weighted by Gasteiger charge is 2.31. The van der Waals surface area contributed by atoms with Crippen LogP contribution in [0.2, 0.25) is 0 Å². The second kappa shape index (κ2) is 9.64.